The summed E-state index contributed by atoms with van der Waals surface area (Å²) in [6.45, 7) is 2.61. The van der Waals surface area contributed by atoms with Crippen molar-refractivity contribution in [3.8, 4) is 0 Å². The second-order valence-electron chi connectivity index (χ2n) is 6.92. The van der Waals surface area contributed by atoms with E-state index in [1.165, 1.54) is 10.9 Å². The van der Waals surface area contributed by atoms with Gasteiger partial charge in [0.15, 0.2) is 23.8 Å². The van der Waals surface area contributed by atoms with Crippen LogP contribution in [0.2, 0.25) is 0 Å². The summed E-state index contributed by atoms with van der Waals surface area (Å²) in [4.78, 5) is 25.0. The van der Waals surface area contributed by atoms with Crippen LogP contribution in [0.15, 0.2) is 36.7 Å². The Morgan fingerprint density at radius 3 is 2.73 bits per heavy atom. The van der Waals surface area contributed by atoms with Gasteiger partial charge in [-0.05, 0) is 12.5 Å². The van der Waals surface area contributed by atoms with Gasteiger partial charge in [-0.3, -0.25) is 9.36 Å². The average Bonchev–Trinajstić information content (AvgIpc) is 3.29. The van der Waals surface area contributed by atoms with Gasteiger partial charge in [-0.25, -0.2) is 4.98 Å². The third-order valence-electron chi connectivity index (χ3n) is 4.86. The molecule has 11 heteroatoms. The van der Waals surface area contributed by atoms with Crippen LogP contribution < -0.4 is 16.4 Å². The number of aromatic nitrogens is 4. The third kappa shape index (κ3) is 3.65. The number of likely N-dealkylation sites (N-methyl/N-ethyl adjacent to an activating group) is 1. The quantitative estimate of drug-likeness (QED) is 0.368. The molecule has 1 aromatic carbocycles. The van der Waals surface area contributed by atoms with Gasteiger partial charge < -0.3 is 31.3 Å². The first-order valence-corrected chi connectivity index (χ1v) is 9.56. The lowest BCUT2D eigenvalue weighted by molar-refractivity contribution is -0.137. The summed E-state index contributed by atoms with van der Waals surface area (Å²) in [5, 5.41) is 26.4. The SMILES string of the molecule is CCNC(=O)[C@H]1O[C@@H](n2cnc3c(N)nc(NCc4ccccc4)nc32)[C@H](O)[C@@H]1O. The number of benzene rings is 1. The number of hydrogen-bond acceptors (Lipinski definition) is 9. The van der Waals surface area contributed by atoms with Gasteiger partial charge in [-0.15, -0.1) is 0 Å². The molecule has 0 unspecified atom stereocenters. The molecule has 3 aromatic rings. The highest BCUT2D eigenvalue weighted by atomic mass is 16.6. The Morgan fingerprint density at radius 1 is 1.23 bits per heavy atom. The van der Waals surface area contributed by atoms with Crippen LogP contribution in [0, 0.1) is 0 Å². The molecule has 4 atom stereocenters. The standard InChI is InChI=1S/C19H23N7O4/c1-2-21-17(29)14-12(27)13(28)18(30-14)26-9-23-11-15(20)24-19(25-16(11)26)22-8-10-6-4-3-5-7-10/h3-7,9,12-14,18,27-28H,2,8H2,1H3,(H,21,29)(H3,20,22,24,25)/t12-,13+,14-,18+/m0/s1. The van der Waals surface area contributed by atoms with Crippen LogP contribution in [-0.4, -0.2) is 60.5 Å². The van der Waals surface area contributed by atoms with Crippen LogP contribution in [0.3, 0.4) is 0 Å². The van der Waals surface area contributed by atoms with Gasteiger partial charge in [-0.2, -0.15) is 9.97 Å². The van der Waals surface area contributed by atoms with Gasteiger partial charge in [0, 0.05) is 13.1 Å². The van der Waals surface area contributed by atoms with E-state index in [-0.39, 0.29) is 11.8 Å². The Morgan fingerprint density at radius 2 is 2.00 bits per heavy atom. The zero-order chi connectivity index (χ0) is 21.3. The minimum absolute atomic E-state index is 0.155. The van der Waals surface area contributed by atoms with Crippen LogP contribution in [0.4, 0.5) is 11.8 Å². The van der Waals surface area contributed by atoms with Crippen molar-refractivity contribution in [2.24, 2.45) is 0 Å². The number of amides is 1. The number of anilines is 2. The van der Waals surface area contributed by atoms with Crippen molar-refractivity contribution >= 4 is 28.8 Å². The molecule has 1 saturated heterocycles. The lowest BCUT2D eigenvalue weighted by Crippen LogP contribution is -2.42. The van der Waals surface area contributed by atoms with Crippen molar-refractivity contribution in [1.29, 1.82) is 0 Å². The number of rotatable bonds is 6. The summed E-state index contributed by atoms with van der Waals surface area (Å²) in [6.07, 6.45) is -3.64. The van der Waals surface area contributed by atoms with Crippen molar-refractivity contribution < 1.29 is 19.7 Å². The molecule has 0 bridgehead atoms. The fraction of sp³-hybridized carbons (Fsp3) is 0.368. The molecule has 0 saturated carbocycles. The van der Waals surface area contributed by atoms with Gasteiger partial charge in [-0.1, -0.05) is 30.3 Å². The number of hydrogen-bond donors (Lipinski definition) is 5. The summed E-state index contributed by atoms with van der Waals surface area (Å²) in [7, 11) is 0. The Balaban J connectivity index is 1.61. The largest absolute Gasteiger partial charge is 0.387 e. The number of fused-ring (bicyclic) bond motifs is 1. The lowest BCUT2D eigenvalue weighted by atomic mass is 10.1. The third-order valence-corrected chi connectivity index (χ3v) is 4.86. The fourth-order valence-electron chi connectivity index (χ4n) is 3.36. The molecule has 30 heavy (non-hydrogen) atoms. The van der Waals surface area contributed by atoms with Gasteiger partial charge in [0.05, 0.1) is 6.33 Å². The van der Waals surface area contributed by atoms with E-state index in [4.69, 9.17) is 10.5 Å². The monoisotopic (exact) mass is 413 g/mol. The molecule has 6 N–H and O–H groups in total. The molecule has 158 valence electrons. The molecule has 0 radical (unpaired) electrons. The van der Waals surface area contributed by atoms with Crippen molar-refractivity contribution in [1.82, 2.24) is 24.8 Å². The summed E-state index contributed by atoms with van der Waals surface area (Å²) < 4.78 is 7.09. The molecule has 1 aliphatic heterocycles. The summed E-state index contributed by atoms with van der Waals surface area (Å²) in [5.74, 6) is -0.0723. The molecular weight excluding hydrogens is 390 g/mol. The number of aliphatic hydroxyl groups is 2. The number of imidazole rings is 1. The zero-order valence-corrected chi connectivity index (χ0v) is 16.3. The van der Waals surface area contributed by atoms with Crippen LogP contribution in [0.25, 0.3) is 11.2 Å². The molecule has 0 aliphatic carbocycles. The number of aliphatic hydroxyl groups excluding tert-OH is 2. The number of nitrogens with one attached hydrogen (secondary N) is 2. The van der Waals surface area contributed by atoms with Crippen molar-refractivity contribution in [2.45, 2.75) is 38.0 Å². The predicted octanol–water partition coefficient (Wildman–Crippen LogP) is -0.224. The normalized spacial score (nSPS) is 23.6. The van der Waals surface area contributed by atoms with Gasteiger partial charge >= 0.3 is 0 Å². The second kappa shape index (κ2) is 8.22. The van der Waals surface area contributed by atoms with Crippen LogP contribution >= 0.6 is 0 Å². The Hall–Kier alpha value is -3.28. The first-order chi connectivity index (χ1) is 14.5. The topological polar surface area (TPSA) is 160 Å². The van der Waals surface area contributed by atoms with Crippen LogP contribution in [0.5, 0.6) is 0 Å². The van der Waals surface area contributed by atoms with Gasteiger partial charge in [0.1, 0.15) is 17.7 Å². The predicted molar refractivity (Wildman–Crippen MR) is 108 cm³/mol. The zero-order valence-electron chi connectivity index (χ0n) is 16.3. The number of carbonyl (C=O) groups is 1. The molecule has 3 heterocycles. The highest BCUT2D eigenvalue weighted by Crippen LogP contribution is 2.32. The van der Waals surface area contributed by atoms with E-state index < -0.39 is 30.4 Å². The molecule has 4 rings (SSSR count). The van der Waals surface area contributed by atoms with Crippen LogP contribution in [0.1, 0.15) is 18.7 Å². The minimum atomic E-state index is -1.39. The number of carbonyl (C=O) groups excluding carboxylic acids is 1. The summed E-state index contributed by atoms with van der Waals surface area (Å²) >= 11 is 0. The van der Waals surface area contributed by atoms with Crippen molar-refractivity contribution in [3.63, 3.8) is 0 Å². The van der Waals surface area contributed by atoms with E-state index in [9.17, 15) is 15.0 Å². The van der Waals surface area contributed by atoms with E-state index >= 15 is 0 Å². The van der Waals surface area contributed by atoms with E-state index in [1.54, 1.807) is 6.92 Å². The Labute approximate surface area is 171 Å². The second-order valence-corrected chi connectivity index (χ2v) is 6.92. The van der Waals surface area contributed by atoms with Gasteiger partial charge in [0.2, 0.25) is 5.95 Å². The molecule has 0 spiro atoms. The average molecular weight is 413 g/mol. The van der Waals surface area contributed by atoms with Gasteiger partial charge in [0.25, 0.3) is 5.91 Å². The van der Waals surface area contributed by atoms with E-state index in [0.29, 0.717) is 24.3 Å². The van der Waals surface area contributed by atoms with E-state index in [2.05, 4.69) is 25.6 Å². The summed E-state index contributed by atoms with van der Waals surface area (Å²) in [5.41, 5.74) is 7.71. The van der Waals surface area contributed by atoms with Crippen LogP contribution in [-0.2, 0) is 16.1 Å². The number of nitrogen functional groups attached to an aromatic ring is 1. The lowest BCUT2D eigenvalue weighted by Gasteiger charge is -2.16. The Kier molecular flexibility index (Phi) is 5.48. The van der Waals surface area contributed by atoms with Crippen molar-refractivity contribution in [2.75, 3.05) is 17.6 Å². The minimum Gasteiger partial charge on any atom is -0.387 e. The summed E-state index contributed by atoms with van der Waals surface area (Å²) in [6, 6.07) is 9.72. The van der Waals surface area contributed by atoms with E-state index in [1.807, 2.05) is 30.3 Å². The molecular formula is C19H23N7O4. The molecule has 2 aromatic heterocycles. The number of ether oxygens (including phenoxy) is 1. The maximum Gasteiger partial charge on any atom is 0.252 e. The highest BCUT2D eigenvalue weighted by molar-refractivity contribution is 5.83. The van der Waals surface area contributed by atoms with E-state index in [0.717, 1.165) is 5.56 Å². The Bertz CT molecular complexity index is 1040. The molecule has 1 fully saturated rings. The number of nitrogens with zero attached hydrogens (tertiary/aromatic N) is 4. The molecule has 11 nitrogen and oxygen atoms in total. The van der Waals surface area contributed by atoms with Crippen molar-refractivity contribution in [3.05, 3.63) is 42.2 Å². The first-order valence-electron chi connectivity index (χ1n) is 9.56. The maximum atomic E-state index is 12.1. The fourth-order valence-corrected chi connectivity index (χ4v) is 3.36. The molecule has 1 amide bonds. The highest BCUT2D eigenvalue weighted by Gasteiger charge is 2.47. The molecule has 1 aliphatic rings. The smallest absolute Gasteiger partial charge is 0.252 e. The number of nitrogens with two attached hydrogens (primary N) is 1. The maximum absolute atomic E-state index is 12.1. The first kappa shape index (κ1) is 20.0.